The highest BCUT2D eigenvalue weighted by Gasteiger charge is 2.52. The van der Waals surface area contributed by atoms with Gasteiger partial charge in [0.25, 0.3) is 0 Å². The number of carbonyl (C=O) groups excluding carboxylic acids is 1. The van der Waals surface area contributed by atoms with Gasteiger partial charge in [0, 0.05) is 17.7 Å². The van der Waals surface area contributed by atoms with Crippen molar-refractivity contribution in [3.8, 4) is 5.75 Å². The zero-order valence-corrected chi connectivity index (χ0v) is 13.2. The number of hydrogen-bond acceptors (Lipinski definition) is 3. The summed E-state index contributed by atoms with van der Waals surface area (Å²) in [5.41, 5.74) is 1.58. The first-order valence-electron chi connectivity index (χ1n) is 7.54. The molecule has 1 N–H and O–H groups in total. The van der Waals surface area contributed by atoms with Crippen LogP contribution in [0, 0.1) is 13.8 Å². The summed E-state index contributed by atoms with van der Waals surface area (Å²) in [6.07, 6.45) is 1.73. The molecule has 0 atom stereocenters. The van der Waals surface area contributed by atoms with Gasteiger partial charge >= 0.3 is 0 Å². The van der Waals surface area contributed by atoms with Crippen molar-refractivity contribution >= 4 is 5.91 Å². The van der Waals surface area contributed by atoms with E-state index < -0.39 is 5.41 Å². The summed E-state index contributed by atoms with van der Waals surface area (Å²) in [5, 5.41) is 3.05. The largest absolute Gasteiger partial charge is 0.496 e. The number of ether oxygens (including phenoxy) is 1. The lowest BCUT2D eigenvalue weighted by molar-refractivity contribution is -0.123. The number of para-hydroxylation sites is 1. The van der Waals surface area contributed by atoms with E-state index in [1.165, 1.54) is 0 Å². The van der Waals surface area contributed by atoms with Crippen LogP contribution in [0.3, 0.4) is 0 Å². The van der Waals surface area contributed by atoms with Gasteiger partial charge in [-0.25, -0.2) is 0 Å². The molecule has 1 amide bonds. The highest BCUT2D eigenvalue weighted by atomic mass is 16.5. The van der Waals surface area contributed by atoms with Crippen LogP contribution in [0.25, 0.3) is 0 Å². The average Bonchev–Trinajstić information content (AvgIpc) is 3.26. The Morgan fingerprint density at radius 3 is 2.64 bits per heavy atom. The second-order valence-corrected chi connectivity index (χ2v) is 5.90. The van der Waals surface area contributed by atoms with Crippen molar-refractivity contribution in [2.75, 3.05) is 7.11 Å². The van der Waals surface area contributed by atoms with E-state index in [1.54, 1.807) is 7.11 Å². The van der Waals surface area contributed by atoms with Gasteiger partial charge in [0.15, 0.2) is 0 Å². The number of methoxy groups -OCH3 is 1. The van der Waals surface area contributed by atoms with Crippen LogP contribution in [-0.4, -0.2) is 13.0 Å². The first-order chi connectivity index (χ1) is 10.6. The molecule has 0 bridgehead atoms. The summed E-state index contributed by atoms with van der Waals surface area (Å²) in [7, 11) is 1.64. The zero-order valence-electron chi connectivity index (χ0n) is 13.2. The van der Waals surface area contributed by atoms with E-state index >= 15 is 0 Å². The van der Waals surface area contributed by atoms with Crippen molar-refractivity contribution in [2.45, 2.75) is 38.6 Å². The molecule has 4 nitrogen and oxygen atoms in total. The molecule has 22 heavy (non-hydrogen) atoms. The molecule has 2 aromatic rings. The third-order valence-electron chi connectivity index (χ3n) is 4.39. The number of carbonyl (C=O) groups is 1. The molecule has 0 saturated heterocycles. The Balaban J connectivity index is 1.76. The Bertz CT molecular complexity index is 698. The van der Waals surface area contributed by atoms with Gasteiger partial charge in [0.2, 0.25) is 5.91 Å². The molecular formula is C18H21NO3. The third kappa shape index (κ3) is 2.49. The molecule has 1 aliphatic rings. The zero-order chi connectivity index (χ0) is 15.7. The van der Waals surface area contributed by atoms with Gasteiger partial charge in [-0.2, -0.15) is 0 Å². The molecular weight excluding hydrogens is 278 g/mol. The van der Waals surface area contributed by atoms with Crippen molar-refractivity contribution < 1.29 is 13.9 Å². The third-order valence-corrected chi connectivity index (χ3v) is 4.39. The predicted molar refractivity (Wildman–Crippen MR) is 83.9 cm³/mol. The lowest BCUT2D eigenvalue weighted by Crippen LogP contribution is -2.34. The number of amides is 1. The van der Waals surface area contributed by atoms with Crippen LogP contribution in [0.2, 0.25) is 0 Å². The van der Waals surface area contributed by atoms with Crippen LogP contribution in [-0.2, 0) is 16.8 Å². The summed E-state index contributed by atoms with van der Waals surface area (Å²) < 4.78 is 10.9. The minimum atomic E-state index is -0.431. The first kappa shape index (κ1) is 14.7. The van der Waals surface area contributed by atoms with E-state index in [1.807, 2.05) is 44.2 Å². The van der Waals surface area contributed by atoms with E-state index in [4.69, 9.17) is 9.15 Å². The Hall–Kier alpha value is -2.23. The Labute approximate surface area is 130 Å². The van der Waals surface area contributed by atoms with E-state index in [0.717, 1.165) is 41.2 Å². The van der Waals surface area contributed by atoms with Crippen LogP contribution in [0.15, 0.2) is 34.7 Å². The van der Waals surface area contributed by atoms with Crippen LogP contribution in [0.1, 0.15) is 35.5 Å². The van der Waals surface area contributed by atoms with E-state index in [2.05, 4.69) is 5.32 Å². The lowest BCUT2D eigenvalue weighted by atomic mass is 9.94. The minimum Gasteiger partial charge on any atom is -0.496 e. The summed E-state index contributed by atoms with van der Waals surface area (Å²) in [6.45, 7) is 4.33. The monoisotopic (exact) mass is 299 g/mol. The molecule has 1 aromatic heterocycles. The Morgan fingerprint density at radius 1 is 1.32 bits per heavy atom. The maximum Gasteiger partial charge on any atom is 0.231 e. The van der Waals surface area contributed by atoms with Crippen molar-refractivity contribution in [3.63, 3.8) is 0 Å². The van der Waals surface area contributed by atoms with E-state index in [-0.39, 0.29) is 5.91 Å². The number of rotatable bonds is 5. The average molecular weight is 299 g/mol. The number of benzene rings is 1. The van der Waals surface area contributed by atoms with Crippen LogP contribution < -0.4 is 10.1 Å². The number of aryl methyl sites for hydroxylation is 2. The van der Waals surface area contributed by atoms with Crippen molar-refractivity contribution in [1.29, 1.82) is 0 Å². The fourth-order valence-corrected chi connectivity index (χ4v) is 2.99. The van der Waals surface area contributed by atoms with Gasteiger partial charge in [-0.05, 0) is 38.8 Å². The summed E-state index contributed by atoms with van der Waals surface area (Å²) >= 11 is 0. The molecule has 0 aliphatic heterocycles. The SMILES string of the molecule is COc1ccccc1C1(C(=O)NCc2cc(C)oc2C)CC1. The van der Waals surface area contributed by atoms with Gasteiger partial charge in [-0.3, -0.25) is 4.79 Å². The normalized spacial score (nSPS) is 15.4. The fraction of sp³-hybridized carbons (Fsp3) is 0.389. The maximum atomic E-state index is 12.7. The summed E-state index contributed by atoms with van der Waals surface area (Å²) in [5.74, 6) is 2.58. The molecule has 1 aromatic carbocycles. The topological polar surface area (TPSA) is 51.5 Å². The summed E-state index contributed by atoms with van der Waals surface area (Å²) in [4.78, 5) is 12.7. The van der Waals surface area contributed by atoms with Crippen LogP contribution >= 0.6 is 0 Å². The van der Waals surface area contributed by atoms with E-state index in [9.17, 15) is 4.79 Å². The number of furan rings is 1. The molecule has 1 heterocycles. The number of nitrogens with one attached hydrogen (secondary N) is 1. The molecule has 1 fully saturated rings. The van der Waals surface area contributed by atoms with Crippen molar-refractivity contribution in [3.05, 3.63) is 53.0 Å². The second kappa shape index (κ2) is 5.52. The van der Waals surface area contributed by atoms with Gasteiger partial charge < -0.3 is 14.5 Å². The second-order valence-electron chi connectivity index (χ2n) is 5.90. The maximum absolute atomic E-state index is 12.7. The van der Waals surface area contributed by atoms with Gasteiger partial charge in [0.1, 0.15) is 17.3 Å². The molecule has 3 rings (SSSR count). The van der Waals surface area contributed by atoms with E-state index in [0.29, 0.717) is 6.54 Å². The standard InChI is InChI=1S/C18H21NO3/c1-12-10-14(13(2)22-12)11-19-17(20)18(8-9-18)15-6-4-5-7-16(15)21-3/h4-7,10H,8-9,11H2,1-3H3,(H,19,20). The molecule has 0 unspecified atom stereocenters. The first-order valence-corrected chi connectivity index (χ1v) is 7.54. The molecule has 116 valence electrons. The quantitative estimate of drug-likeness (QED) is 0.922. The Kier molecular flexibility index (Phi) is 3.69. The van der Waals surface area contributed by atoms with Crippen LogP contribution in [0.5, 0.6) is 5.75 Å². The predicted octanol–water partition coefficient (Wildman–Crippen LogP) is 3.25. The lowest BCUT2D eigenvalue weighted by Gasteiger charge is -2.18. The Morgan fingerprint density at radius 2 is 2.05 bits per heavy atom. The molecule has 4 heteroatoms. The fourth-order valence-electron chi connectivity index (χ4n) is 2.99. The van der Waals surface area contributed by atoms with Gasteiger partial charge in [-0.15, -0.1) is 0 Å². The minimum absolute atomic E-state index is 0.0650. The van der Waals surface area contributed by atoms with Crippen LogP contribution in [0.4, 0.5) is 0 Å². The van der Waals surface area contributed by atoms with Gasteiger partial charge in [0.05, 0.1) is 12.5 Å². The molecule has 1 aliphatic carbocycles. The number of hydrogen-bond donors (Lipinski definition) is 1. The summed E-state index contributed by atoms with van der Waals surface area (Å²) in [6, 6.07) is 9.74. The molecule has 1 saturated carbocycles. The van der Waals surface area contributed by atoms with Crippen molar-refractivity contribution in [1.82, 2.24) is 5.32 Å². The highest BCUT2D eigenvalue weighted by Crippen LogP contribution is 2.51. The highest BCUT2D eigenvalue weighted by molar-refractivity contribution is 5.92. The van der Waals surface area contributed by atoms with Crippen molar-refractivity contribution in [2.24, 2.45) is 0 Å². The molecule has 0 radical (unpaired) electrons. The smallest absolute Gasteiger partial charge is 0.231 e. The molecule has 0 spiro atoms. The van der Waals surface area contributed by atoms with Gasteiger partial charge in [-0.1, -0.05) is 18.2 Å².